The van der Waals surface area contributed by atoms with E-state index in [2.05, 4.69) is 21.9 Å². The fraction of sp³-hybridized carbons (Fsp3) is 0.308. The molecule has 2 N–H and O–H groups in total. The van der Waals surface area contributed by atoms with Gasteiger partial charge in [-0.15, -0.1) is 0 Å². The molecular weight excluding hydrogens is 230 g/mol. The van der Waals surface area contributed by atoms with Crippen molar-refractivity contribution < 1.29 is 9.59 Å². The third-order valence-corrected chi connectivity index (χ3v) is 2.86. The number of hydrogen-bond donors (Lipinski definition) is 2. The lowest BCUT2D eigenvalue weighted by molar-refractivity contribution is -0.126. The van der Waals surface area contributed by atoms with Crippen molar-refractivity contribution in [2.24, 2.45) is 5.92 Å². The zero-order valence-corrected chi connectivity index (χ0v) is 9.93. The monoisotopic (exact) mass is 245 g/mol. The Morgan fingerprint density at radius 1 is 1.28 bits per heavy atom. The van der Waals surface area contributed by atoms with Gasteiger partial charge in [-0.05, 0) is 31.4 Å². The molecule has 0 saturated heterocycles. The molecule has 1 heterocycles. The smallest absolute Gasteiger partial charge is 0.271 e. The zero-order chi connectivity index (χ0) is 12.8. The Hall–Kier alpha value is -2.17. The van der Waals surface area contributed by atoms with Crippen molar-refractivity contribution in [1.29, 1.82) is 0 Å². The largest absolute Gasteiger partial charge is 0.273 e. The summed E-state index contributed by atoms with van der Waals surface area (Å²) in [6, 6.07) is 3.31. The molecule has 1 aromatic rings. The van der Waals surface area contributed by atoms with E-state index in [0.29, 0.717) is 5.56 Å². The van der Waals surface area contributed by atoms with Gasteiger partial charge in [0.1, 0.15) is 0 Å². The molecule has 1 aliphatic carbocycles. The summed E-state index contributed by atoms with van der Waals surface area (Å²) in [5, 5.41) is 0. The molecule has 0 bridgehead atoms. The SMILES string of the molecule is O=C(NNC(=O)[C@H]1CC=CCC1)c1cccnc1. The molecule has 18 heavy (non-hydrogen) atoms. The van der Waals surface area contributed by atoms with Crippen LogP contribution < -0.4 is 10.9 Å². The van der Waals surface area contributed by atoms with E-state index in [1.165, 1.54) is 6.20 Å². The highest BCUT2D eigenvalue weighted by atomic mass is 16.2. The quantitative estimate of drug-likeness (QED) is 0.607. The summed E-state index contributed by atoms with van der Waals surface area (Å²) in [5.74, 6) is -0.552. The van der Waals surface area contributed by atoms with Gasteiger partial charge in [0.15, 0.2) is 0 Å². The van der Waals surface area contributed by atoms with Crippen LogP contribution in [-0.2, 0) is 4.79 Å². The van der Waals surface area contributed by atoms with E-state index in [4.69, 9.17) is 0 Å². The maximum atomic E-state index is 11.8. The summed E-state index contributed by atoms with van der Waals surface area (Å²) < 4.78 is 0. The van der Waals surface area contributed by atoms with Crippen LogP contribution in [0.25, 0.3) is 0 Å². The molecule has 1 aliphatic rings. The van der Waals surface area contributed by atoms with E-state index >= 15 is 0 Å². The number of allylic oxidation sites excluding steroid dienone is 2. The lowest BCUT2D eigenvalue weighted by Crippen LogP contribution is -2.44. The molecule has 94 valence electrons. The van der Waals surface area contributed by atoms with Crippen LogP contribution in [0, 0.1) is 5.92 Å². The number of nitrogens with one attached hydrogen (secondary N) is 2. The fourth-order valence-corrected chi connectivity index (χ4v) is 1.82. The van der Waals surface area contributed by atoms with E-state index < -0.39 is 0 Å². The number of pyridine rings is 1. The highest BCUT2D eigenvalue weighted by Gasteiger charge is 2.19. The van der Waals surface area contributed by atoms with Crippen LogP contribution in [0.5, 0.6) is 0 Å². The normalized spacial score (nSPS) is 18.1. The zero-order valence-electron chi connectivity index (χ0n) is 9.93. The number of rotatable bonds is 2. The number of amides is 2. The Morgan fingerprint density at radius 3 is 2.83 bits per heavy atom. The van der Waals surface area contributed by atoms with Gasteiger partial charge in [0.2, 0.25) is 5.91 Å². The highest BCUT2D eigenvalue weighted by molar-refractivity contribution is 5.95. The Morgan fingerprint density at radius 2 is 2.17 bits per heavy atom. The molecule has 0 radical (unpaired) electrons. The van der Waals surface area contributed by atoms with Gasteiger partial charge in [-0.1, -0.05) is 12.2 Å². The molecule has 5 heteroatoms. The third-order valence-electron chi connectivity index (χ3n) is 2.86. The molecule has 0 fully saturated rings. The predicted octanol–water partition coefficient (Wildman–Crippen LogP) is 1.20. The summed E-state index contributed by atoms with van der Waals surface area (Å²) in [7, 11) is 0. The maximum Gasteiger partial charge on any atom is 0.271 e. The van der Waals surface area contributed by atoms with Crippen molar-refractivity contribution >= 4 is 11.8 Å². The van der Waals surface area contributed by atoms with Gasteiger partial charge < -0.3 is 0 Å². The van der Waals surface area contributed by atoms with Gasteiger partial charge in [0.05, 0.1) is 5.56 Å². The van der Waals surface area contributed by atoms with E-state index in [1.54, 1.807) is 18.3 Å². The van der Waals surface area contributed by atoms with Crippen LogP contribution in [0.4, 0.5) is 0 Å². The van der Waals surface area contributed by atoms with Gasteiger partial charge in [0, 0.05) is 18.3 Å². The van der Waals surface area contributed by atoms with E-state index in [0.717, 1.165) is 19.3 Å². The van der Waals surface area contributed by atoms with Gasteiger partial charge in [-0.3, -0.25) is 25.4 Å². The number of carbonyl (C=O) groups is 2. The third kappa shape index (κ3) is 3.16. The second-order valence-electron chi connectivity index (χ2n) is 4.17. The van der Waals surface area contributed by atoms with Gasteiger partial charge in [0.25, 0.3) is 5.91 Å². The number of carbonyl (C=O) groups excluding carboxylic acids is 2. The molecule has 0 aliphatic heterocycles. The average Bonchev–Trinajstić information content (AvgIpc) is 2.46. The van der Waals surface area contributed by atoms with Crippen molar-refractivity contribution in [3.63, 3.8) is 0 Å². The van der Waals surface area contributed by atoms with Crippen molar-refractivity contribution in [3.05, 3.63) is 42.2 Å². The van der Waals surface area contributed by atoms with Crippen molar-refractivity contribution in [2.75, 3.05) is 0 Å². The molecule has 1 aromatic heterocycles. The molecular formula is C13H15N3O2. The van der Waals surface area contributed by atoms with E-state index in [1.807, 2.05) is 6.08 Å². The second kappa shape index (κ2) is 5.95. The molecule has 5 nitrogen and oxygen atoms in total. The van der Waals surface area contributed by atoms with Gasteiger partial charge in [-0.2, -0.15) is 0 Å². The van der Waals surface area contributed by atoms with E-state index in [-0.39, 0.29) is 17.7 Å². The lowest BCUT2D eigenvalue weighted by atomic mass is 9.94. The van der Waals surface area contributed by atoms with Crippen LogP contribution in [0.15, 0.2) is 36.7 Å². The first kappa shape index (κ1) is 12.3. The number of hydrogen-bond acceptors (Lipinski definition) is 3. The second-order valence-corrected chi connectivity index (χ2v) is 4.17. The molecule has 2 amide bonds. The Bertz CT molecular complexity index is 457. The van der Waals surface area contributed by atoms with Crippen molar-refractivity contribution in [2.45, 2.75) is 19.3 Å². The summed E-state index contributed by atoms with van der Waals surface area (Å²) in [6.45, 7) is 0. The molecule has 1 atom stereocenters. The first-order valence-corrected chi connectivity index (χ1v) is 5.92. The number of aromatic nitrogens is 1. The van der Waals surface area contributed by atoms with Crippen LogP contribution in [0.3, 0.4) is 0 Å². The topological polar surface area (TPSA) is 71.1 Å². The maximum absolute atomic E-state index is 11.8. The Kier molecular flexibility index (Phi) is 4.06. The van der Waals surface area contributed by atoms with Crippen molar-refractivity contribution in [3.8, 4) is 0 Å². The summed E-state index contributed by atoms with van der Waals surface area (Å²) >= 11 is 0. The minimum Gasteiger partial charge on any atom is -0.273 e. The Balaban J connectivity index is 1.83. The molecule has 0 aromatic carbocycles. The standard InChI is InChI=1S/C13H15N3O2/c17-12(10-5-2-1-3-6-10)15-16-13(18)11-7-4-8-14-9-11/h1-2,4,7-10H,3,5-6H2,(H,15,17)(H,16,18)/t10-/m0/s1. The van der Waals surface area contributed by atoms with Crippen LogP contribution in [0.2, 0.25) is 0 Å². The predicted molar refractivity (Wildman–Crippen MR) is 66.3 cm³/mol. The van der Waals surface area contributed by atoms with Gasteiger partial charge in [-0.25, -0.2) is 0 Å². The van der Waals surface area contributed by atoms with Gasteiger partial charge >= 0.3 is 0 Å². The average molecular weight is 245 g/mol. The summed E-state index contributed by atoms with van der Waals surface area (Å²) in [5.41, 5.74) is 5.26. The molecule has 0 spiro atoms. The molecule has 0 unspecified atom stereocenters. The van der Waals surface area contributed by atoms with Crippen LogP contribution in [-0.4, -0.2) is 16.8 Å². The summed E-state index contributed by atoms with van der Waals surface area (Å²) in [4.78, 5) is 27.3. The summed E-state index contributed by atoms with van der Waals surface area (Å²) in [6.07, 6.45) is 9.57. The first-order chi connectivity index (χ1) is 8.77. The Labute approximate surface area is 105 Å². The molecule has 2 rings (SSSR count). The first-order valence-electron chi connectivity index (χ1n) is 5.92. The van der Waals surface area contributed by atoms with Crippen molar-refractivity contribution in [1.82, 2.24) is 15.8 Å². The fourth-order valence-electron chi connectivity index (χ4n) is 1.82. The number of hydrazine groups is 1. The lowest BCUT2D eigenvalue weighted by Gasteiger charge is -2.17. The highest BCUT2D eigenvalue weighted by Crippen LogP contribution is 2.17. The minimum absolute atomic E-state index is 0.0517. The van der Waals surface area contributed by atoms with Crippen LogP contribution >= 0.6 is 0 Å². The van der Waals surface area contributed by atoms with E-state index in [9.17, 15) is 9.59 Å². The molecule has 0 saturated carbocycles. The van der Waals surface area contributed by atoms with Crippen LogP contribution in [0.1, 0.15) is 29.6 Å². The number of nitrogens with zero attached hydrogens (tertiary/aromatic N) is 1. The minimum atomic E-state index is -0.359.